The molecule has 5 rings (SSSR count). The van der Waals surface area contributed by atoms with Crippen molar-refractivity contribution in [2.45, 2.75) is 15.4 Å². The Kier molecular flexibility index (Phi) is 5.11. The van der Waals surface area contributed by atoms with Gasteiger partial charge >= 0.3 is 0 Å². The van der Waals surface area contributed by atoms with Gasteiger partial charge in [-0.1, -0.05) is 107 Å². The lowest BCUT2D eigenvalue weighted by Gasteiger charge is -2.33. The van der Waals surface area contributed by atoms with E-state index < -0.39 is 5.60 Å². The van der Waals surface area contributed by atoms with Crippen molar-refractivity contribution in [3.8, 4) is 0 Å². The Morgan fingerprint density at radius 3 is 2.10 bits per heavy atom. The lowest BCUT2D eigenvalue weighted by molar-refractivity contribution is 0.122. The molecular formula is C27H19BrOS. The molecule has 0 fully saturated rings. The zero-order valence-electron chi connectivity index (χ0n) is 16.1. The van der Waals surface area contributed by atoms with E-state index in [1.807, 2.05) is 66.7 Å². The highest BCUT2D eigenvalue weighted by atomic mass is 79.9. The van der Waals surface area contributed by atoms with Crippen LogP contribution in [-0.2, 0) is 5.60 Å². The quantitative estimate of drug-likeness (QED) is 0.337. The molecule has 1 atom stereocenters. The first-order valence-electron chi connectivity index (χ1n) is 9.78. The fourth-order valence-electron chi connectivity index (χ4n) is 4.06. The van der Waals surface area contributed by atoms with Gasteiger partial charge in [-0.25, -0.2) is 0 Å². The van der Waals surface area contributed by atoms with E-state index in [0.29, 0.717) is 0 Å². The third kappa shape index (κ3) is 3.33. The van der Waals surface area contributed by atoms with Gasteiger partial charge < -0.3 is 5.11 Å². The van der Waals surface area contributed by atoms with E-state index in [9.17, 15) is 5.11 Å². The molecule has 0 heterocycles. The number of benzene rings is 4. The predicted octanol–water partition coefficient (Wildman–Crippen LogP) is 7.37. The van der Waals surface area contributed by atoms with Gasteiger partial charge in [-0.15, -0.1) is 0 Å². The number of hydrogen-bond donors (Lipinski definition) is 1. The fraction of sp³-hybridized carbons (Fsp3) is 0.0370. The minimum atomic E-state index is -1.27. The summed E-state index contributed by atoms with van der Waals surface area (Å²) in [6, 6.07) is 32.6. The maximum absolute atomic E-state index is 12.5. The fourth-order valence-corrected chi connectivity index (χ4v) is 5.46. The monoisotopic (exact) mass is 470 g/mol. The van der Waals surface area contributed by atoms with Gasteiger partial charge in [0.15, 0.2) is 0 Å². The van der Waals surface area contributed by atoms with Gasteiger partial charge in [0.05, 0.1) is 0 Å². The normalized spacial score (nSPS) is 17.1. The number of aliphatic hydroxyl groups is 1. The number of fused-ring (bicyclic) bond motifs is 2. The first-order chi connectivity index (χ1) is 14.7. The zero-order chi connectivity index (χ0) is 20.6. The molecule has 0 aliphatic heterocycles. The van der Waals surface area contributed by atoms with Crippen LogP contribution in [0.2, 0.25) is 0 Å². The van der Waals surface area contributed by atoms with E-state index in [1.165, 1.54) is 0 Å². The SMILES string of the molecule is OC1(c2ccccc2Sc2ccccc2)c2ccccc2C=Cc2cc(Br)ccc21. The van der Waals surface area contributed by atoms with Crippen molar-refractivity contribution in [2.75, 3.05) is 0 Å². The van der Waals surface area contributed by atoms with E-state index in [1.54, 1.807) is 11.8 Å². The maximum Gasteiger partial charge on any atom is 0.142 e. The summed E-state index contributed by atoms with van der Waals surface area (Å²) < 4.78 is 0.992. The van der Waals surface area contributed by atoms with E-state index in [0.717, 1.165) is 42.1 Å². The number of halogens is 1. The largest absolute Gasteiger partial charge is 0.376 e. The third-order valence-corrected chi connectivity index (χ3v) is 7.02. The van der Waals surface area contributed by atoms with Gasteiger partial charge in [0.2, 0.25) is 0 Å². The molecule has 0 spiro atoms. The van der Waals surface area contributed by atoms with E-state index >= 15 is 0 Å². The van der Waals surface area contributed by atoms with Crippen molar-refractivity contribution in [1.82, 2.24) is 0 Å². The van der Waals surface area contributed by atoms with Crippen LogP contribution in [0.25, 0.3) is 12.2 Å². The Morgan fingerprint density at radius 1 is 0.633 bits per heavy atom. The van der Waals surface area contributed by atoms with Gasteiger partial charge in [0, 0.05) is 19.8 Å². The van der Waals surface area contributed by atoms with Crippen molar-refractivity contribution in [2.24, 2.45) is 0 Å². The number of rotatable bonds is 3. The Hall–Kier alpha value is -2.59. The minimum absolute atomic E-state index is 0.882. The Labute approximate surface area is 189 Å². The van der Waals surface area contributed by atoms with Crippen molar-refractivity contribution in [3.05, 3.63) is 129 Å². The summed E-state index contributed by atoms with van der Waals surface area (Å²) in [5.41, 5.74) is 3.42. The first kappa shape index (κ1) is 19.4. The molecule has 30 heavy (non-hydrogen) atoms. The summed E-state index contributed by atoms with van der Waals surface area (Å²) in [5.74, 6) is 0. The van der Waals surface area contributed by atoms with E-state index in [2.05, 4.69) is 58.4 Å². The highest BCUT2D eigenvalue weighted by Crippen LogP contribution is 2.47. The lowest BCUT2D eigenvalue weighted by Crippen LogP contribution is -2.30. The molecule has 1 nitrogen and oxygen atoms in total. The van der Waals surface area contributed by atoms with Crippen molar-refractivity contribution in [3.63, 3.8) is 0 Å². The molecule has 1 unspecified atom stereocenters. The van der Waals surface area contributed by atoms with Gasteiger partial charge in [0.1, 0.15) is 5.60 Å². The second kappa shape index (κ2) is 7.92. The van der Waals surface area contributed by atoms with Crippen molar-refractivity contribution in [1.29, 1.82) is 0 Å². The number of hydrogen-bond acceptors (Lipinski definition) is 2. The van der Waals surface area contributed by atoms with Crippen LogP contribution in [0.15, 0.2) is 111 Å². The molecule has 1 N–H and O–H groups in total. The molecule has 0 amide bonds. The van der Waals surface area contributed by atoms with Crippen LogP contribution in [-0.4, -0.2) is 5.11 Å². The molecule has 1 aliphatic carbocycles. The third-order valence-electron chi connectivity index (χ3n) is 5.44. The highest BCUT2D eigenvalue weighted by Gasteiger charge is 2.39. The summed E-state index contributed by atoms with van der Waals surface area (Å²) in [4.78, 5) is 2.18. The molecule has 0 bridgehead atoms. The molecule has 0 saturated carbocycles. The molecule has 0 saturated heterocycles. The van der Waals surface area contributed by atoms with Crippen LogP contribution in [0.5, 0.6) is 0 Å². The second-order valence-electron chi connectivity index (χ2n) is 7.27. The van der Waals surface area contributed by atoms with Crippen LogP contribution >= 0.6 is 27.7 Å². The molecule has 3 heteroatoms. The molecule has 0 radical (unpaired) electrons. The minimum Gasteiger partial charge on any atom is -0.376 e. The van der Waals surface area contributed by atoms with Crippen molar-refractivity contribution >= 4 is 39.8 Å². The summed E-state index contributed by atoms with van der Waals surface area (Å²) in [7, 11) is 0. The summed E-state index contributed by atoms with van der Waals surface area (Å²) >= 11 is 5.26. The topological polar surface area (TPSA) is 20.2 Å². The van der Waals surface area contributed by atoms with Crippen LogP contribution in [0.3, 0.4) is 0 Å². The highest BCUT2D eigenvalue weighted by molar-refractivity contribution is 9.10. The summed E-state index contributed by atoms with van der Waals surface area (Å²) in [5, 5.41) is 12.5. The van der Waals surface area contributed by atoms with Crippen LogP contribution < -0.4 is 0 Å². The van der Waals surface area contributed by atoms with Crippen molar-refractivity contribution < 1.29 is 5.11 Å². The molecule has 4 aromatic rings. The Morgan fingerprint density at radius 2 is 1.27 bits per heavy atom. The smallest absolute Gasteiger partial charge is 0.142 e. The van der Waals surface area contributed by atoms with E-state index in [4.69, 9.17) is 0 Å². The van der Waals surface area contributed by atoms with Crippen LogP contribution in [0, 0.1) is 0 Å². The molecular weight excluding hydrogens is 452 g/mol. The lowest BCUT2D eigenvalue weighted by atomic mass is 9.78. The molecule has 4 aromatic carbocycles. The Bertz CT molecular complexity index is 1250. The first-order valence-corrected chi connectivity index (χ1v) is 11.4. The van der Waals surface area contributed by atoms with Gasteiger partial charge in [-0.2, -0.15) is 0 Å². The zero-order valence-corrected chi connectivity index (χ0v) is 18.5. The predicted molar refractivity (Wildman–Crippen MR) is 129 cm³/mol. The second-order valence-corrected chi connectivity index (χ2v) is 9.30. The van der Waals surface area contributed by atoms with Gasteiger partial charge in [-0.3, -0.25) is 0 Å². The molecule has 146 valence electrons. The Balaban J connectivity index is 1.78. The molecule has 1 aliphatic rings. The summed E-state index contributed by atoms with van der Waals surface area (Å²) in [6.07, 6.45) is 4.18. The average molecular weight is 471 g/mol. The van der Waals surface area contributed by atoms with Crippen LogP contribution in [0.4, 0.5) is 0 Å². The van der Waals surface area contributed by atoms with E-state index in [-0.39, 0.29) is 0 Å². The maximum atomic E-state index is 12.5. The summed E-state index contributed by atoms with van der Waals surface area (Å²) in [6.45, 7) is 0. The van der Waals surface area contributed by atoms with Gasteiger partial charge in [-0.05, 0) is 52.6 Å². The van der Waals surface area contributed by atoms with Gasteiger partial charge in [0.25, 0.3) is 0 Å². The van der Waals surface area contributed by atoms with Crippen LogP contribution in [0.1, 0.15) is 27.8 Å². The molecule has 0 aromatic heterocycles. The average Bonchev–Trinajstić information content (AvgIpc) is 2.90. The standard InChI is InChI=1S/C27H19BrOS/c28-21-16-17-24-20(18-21)15-14-19-8-4-5-11-23(19)27(24,29)25-12-6-7-13-26(25)30-22-9-2-1-3-10-22/h1-18,29H.